The molecule has 0 fully saturated rings. The summed E-state index contributed by atoms with van der Waals surface area (Å²) in [6.07, 6.45) is 2.52. The molecule has 2 N–H and O–H groups in total. The Labute approximate surface area is 104 Å². The standard InChI is InChI=1S/C12H17NO3S/c1-17(16)8-4-7-13-12(15)9-10-5-2-3-6-11(10)14/h2-3,5-6,14H,4,7-9H2,1H3,(H,13,15). The van der Waals surface area contributed by atoms with Crippen LogP contribution in [0.15, 0.2) is 24.3 Å². The van der Waals surface area contributed by atoms with Crippen molar-refractivity contribution in [1.29, 1.82) is 0 Å². The van der Waals surface area contributed by atoms with Gasteiger partial charge in [0, 0.05) is 34.9 Å². The zero-order chi connectivity index (χ0) is 12.7. The van der Waals surface area contributed by atoms with Crippen molar-refractivity contribution in [3.8, 4) is 5.75 Å². The van der Waals surface area contributed by atoms with Crippen LogP contribution in [0.1, 0.15) is 12.0 Å². The molecule has 1 aromatic carbocycles. The Morgan fingerprint density at radius 1 is 1.41 bits per heavy atom. The van der Waals surface area contributed by atoms with E-state index in [0.29, 0.717) is 24.3 Å². The third-order valence-electron chi connectivity index (χ3n) is 2.27. The number of amides is 1. The Bertz CT molecular complexity index is 406. The number of carbonyl (C=O) groups is 1. The van der Waals surface area contributed by atoms with Crippen molar-refractivity contribution in [2.75, 3.05) is 18.6 Å². The zero-order valence-corrected chi connectivity index (χ0v) is 10.6. The zero-order valence-electron chi connectivity index (χ0n) is 9.81. The molecule has 17 heavy (non-hydrogen) atoms. The van der Waals surface area contributed by atoms with E-state index in [2.05, 4.69) is 5.32 Å². The minimum Gasteiger partial charge on any atom is -0.508 e. The molecule has 1 aromatic rings. The van der Waals surface area contributed by atoms with E-state index >= 15 is 0 Å². The predicted octanol–water partition coefficient (Wildman–Crippen LogP) is 0.819. The molecule has 5 heteroatoms. The molecule has 0 radical (unpaired) electrons. The van der Waals surface area contributed by atoms with Gasteiger partial charge in [-0.3, -0.25) is 9.00 Å². The molecular formula is C12H17NO3S. The van der Waals surface area contributed by atoms with E-state index in [9.17, 15) is 14.1 Å². The van der Waals surface area contributed by atoms with Crippen molar-refractivity contribution < 1.29 is 14.1 Å². The number of hydrogen-bond donors (Lipinski definition) is 2. The molecule has 94 valence electrons. The second-order valence-electron chi connectivity index (χ2n) is 3.79. The summed E-state index contributed by atoms with van der Waals surface area (Å²) >= 11 is 0. The molecule has 0 aliphatic heterocycles. The van der Waals surface area contributed by atoms with Gasteiger partial charge in [0.2, 0.25) is 5.91 Å². The topological polar surface area (TPSA) is 66.4 Å². The minimum absolute atomic E-state index is 0.131. The molecule has 0 saturated carbocycles. The predicted molar refractivity (Wildman–Crippen MR) is 68.4 cm³/mol. The fourth-order valence-corrected chi connectivity index (χ4v) is 1.95. The van der Waals surface area contributed by atoms with Crippen LogP contribution < -0.4 is 5.32 Å². The lowest BCUT2D eigenvalue weighted by Gasteiger charge is -2.05. The normalized spacial score (nSPS) is 12.1. The maximum Gasteiger partial charge on any atom is 0.224 e. The lowest BCUT2D eigenvalue weighted by molar-refractivity contribution is -0.120. The van der Waals surface area contributed by atoms with Crippen molar-refractivity contribution >= 4 is 16.7 Å². The van der Waals surface area contributed by atoms with E-state index in [1.54, 1.807) is 30.5 Å². The van der Waals surface area contributed by atoms with E-state index in [1.165, 1.54) is 0 Å². The third kappa shape index (κ3) is 5.49. The smallest absolute Gasteiger partial charge is 0.224 e. The first kappa shape index (κ1) is 13.7. The van der Waals surface area contributed by atoms with Crippen LogP contribution in [0.2, 0.25) is 0 Å². The first-order valence-electron chi connectivity index (χ1n) is 5.43. The number of phenols is 1. The molecule has 0 bridgehead atoms. The average molecular weight is 255 g/mol. The van der Waals surface area contributed by atoms with E-state index in [0.717, 1.165) is 0 Å². The molecule has 0 aliphatic rings. The summed E-state index contributed by atoms with van der Waals surface area (Å²) in [5.74, 6) is 0.599. The highest BCUT2D eigenvalue weighted by atomic mass is 32.2. The summed E-state index contributed by atoms with van der Waals surface area (Å²) in [5.41, 5.74) is 0.615. The number of rotatable bonds is 6. The van der Waals surface area contributed by atoms with Gasteiger partial charge in [0.15, 0.2) is 0 Å². The molecular weight excluding hydrogens is 238 g/mol. The summed E-state index contributed by atoms with van der Waals surface area (Å²) in [4.78, 5) is 11.5. The molecule has 0 heterocycles. The van der Waals surface area contributed by atoms with Gasteiger partial charge in [0.05, 0.1) is 6.42 Å². The second kappa shape index (κ2) is 7.06. The van der Waals surface area contributed by atoms with E-state index in [1.807, 2.05) is 0 Å². The van der Waals surface area contributed by atoms with Gasteiger partial charge in [-0.2, -0.15) is 0 Å². The monoisotopic (exact) mass is 255 g/mol. The quantitative estimate of drug-likeness (QED) is 0.740. The average Bonchev–Trinajstić information content (AvgIpc) is 2.27. The Hall–Kier alpha value is -1.36. The van der Waals surface area contributed by atoms with Crippen LogP contribution in [0, 0.1) is 0 Å². The summed E-state index contributed by atoms with van der Waals surface area (Å²) in [5, 5.41) is 12.2. The van der Waals surface area contributed by atoms with Crippen LogP contribution in [-0.2, 0) is 22.0 Å². The second-order valence-corrected chi connectivity index (χ2v) is 5.34. The van der Waals surface area contributed by atoms with Gasteiger partial charge in [0.25, 0.3) is 0 Å². The van der Waals surface area contributed by atoms with Crippen molar-refractivity contribution in [1.82, 2.24) is 5.32 Å². The maximum atomic E-state index is 11.5. The van der Waals surface area contributed by atoms with E-state index in [4.69, 9.17) is 0 Å². The number of aromatic hydroxyl groups is 1. The molecule has 1 atom stereocenters. The summed E-state index contributed by atoms with van der Waals surface area (Å²) in [6, 6.07) is 6.77. The summed E-state index contributed by atoms with van der Waals surface area (Å²) < 4.78 is 10.8. The minimum atomic E-state index is -0.813. The fraction of sp³-hybridized carbons (Fsp3) is 0.417. The first-order valence-corrected chi connectivity index (χ1v) is 7.16. The van der Waals surface area contributed by atoms with Gasteiger partial charge in [-0.1, -0.05) is 18.2 Å². The van der Waals surface area contributed by atoms with Crippen LogP contribution in [0.5, 0.6) is 5.75 Å². The van der Waals surface area contributed by atoms with Gasteiger partial charge in [-0.15, -0.1) is 0 Å². The maximum absolute atomic E-state index is 11.5. The SMILES string of the molecule is CS(=O)CCCNC(=O)Cc1ccccc1O. The molecule has 1 amide bonds. The molecule has 4 nitrogen and oxygen atoms in total. The van der Waals surface area contributed by atoms with Gasteiger partial charge < -0.3 is 10.4 Å². The molecule has 1 rings (SSSR count). The van der Waals surface area contributed by atoms with E-state index in [-0.39, 0.29) is 18.1 Å². The molecule has 0 spiro atoms. The first-order chi connectivity index (χ1) is 8.09. The summed E-state index contributed by atoms with van der Waals surface area (Å²) in [7, 11) is -0.813. The highest BCUT2D eigenvalue weighted by molar-refractivity contribution is 7.84. The summed E-state index contributed by atoms with van der Waals surface area (Å²) in [6.45, 7) is 0.520. The Kier molecular flexibility index (Phi) is 5.69. The van der Waals surface area contributed by atoms with Crippen LogP contribution >= 0.6 is 0 Å². The Balaban J connectivity index is 2.30. The Morgan fingerprint density at radius 3 is 2.76 bits per heavy atom. The number of carbonyl (C=O) groups excluding carboxylic acids is 1. The third-order valence-corrected chi connectivity index (χ3v) is 3.14. The lowest BCUT2D eigenvalue weighted by atomic mass is 10.1. The van der Waals surface area contributed by atoms with Crippen molar-refractivity contribution in [3.05, 3.63) is 29.8 Å². The van der Waals surface area contributed by atoms with Crippen LogP contribution in [0.4, 0.5) is 0 Å². The highest BCUT2D eigenvalue weighted by Crippen LogP contribution is 2.15. The van der Waals surface area contributed by atoms with Crippen molar-refractivity contribution in [3.63, 3.8) is 0 Å². The number of phenolic OH excluding ortho intramolecular Hbond substituents is 1. The Morgan fingerprint density at radius 2 is 2.12 bits per heavy atom. The van der Waals surface area contributed by atoms with Gasteiger partial charge >= 0.3 is 0 Å². The fourth-order valence-electron chi connectivity index (χ4n) is 1.40. The van der Waals surface area contributed by atoms with Gasteiger partial charge in [0.1, 0.15) is 5.75 Å². The molecule has 0 aliphatic carbocycles. The highest BCUT2D eigenvalue weighted by Gasteiger charge is 2.06. The van der Waals surface area contributed by atoms with Gasteiger partial charge in [-0.05, 0) is 12.5 Å². The number of hydrogen-bond acceptors (Lipinski definition) is 3. The van der Waals surface area contributed by atoms with E-state index < -0.39 is 10.8 Å². The number of nitrogens with one attached hydrogen (secondary N) is 1. The molecule has 0 saturated heterocycles. The van der Waals surface area contributed by atoms with Crippen molar-refractivity contribution in [2.24, 2.45) is 0 Å². The van der Waals surface area contributed by atoms with Gasteiger partial charge in [-0.25, -0.2) is 0 Å². The molecule has 0 aromatic heterocycles. The van der Waals surface area contributed by atoms with Crippen molar-refractivity contribution in [2.45, 2.75) is 12.8 Å². The van der Waals surface area contributed by atoms with Crippen LogP contribution in [-0.4, -0.2) is 33.8 Å². The largest absolute Gasteiger partial charge is 0.508 e. The van der Waals surface area contributed by atoms with Crippen LogP contribution in [0.3, 0.4) is 0 Å². The number of benzene rings is 1. The number of para-hydroxylation sites is 1. The van der Waals surface area contributed by atoms with Crippen LogP contribution in [0.25, 0.3) is 0 Å². The molecule has 1 unspecified atom stereocenters. The lowest BCUT2D eigenvalue weighted by Crippen LogP contribution is -2.26.